The van der Waals surface area contributed by atoms with Gasteiger partial charge in [-0.1, -0.05) is 12.1 Å². The number of ether oxygens (including phenoxy) is 4. The molecule has 1 aliphatic rings. The Labute approximate surface area is 245 Å². The third-order valence-corrected chi connectivity index (χ3v) is 7.17. The van der Waals surface area contributed by atoms with E-state index in [-0.39, 0.29) is 29.7 Å². The Kier molecular flexibility index (Phi) is 9.90. The Morgan fingerprint density at radius 3 is 2.40 bits per heavy atom. The third kappa shape index (κ3) is 6.76. The van der Waals surface area contributed by atoms with E-state index >= 15 is 0 Å². The Morgan fingerprint density at radius 1 is 0.929 bits per heavy atom. The van der Waals surface area contributed by atoms with Crippen LogP contribution in [0.5, 0.6) is 23.0 Å². The molecule has 0 aliphatic heterocycles. The molecule has 0 heterocycles. The van der Waals surface area contributed by atoms with Crippen molar-refractivity contribution < 1.29 is 28.5 Å². The van der Waals surface area contributed by atoms with Crippen molar-refractivity contribution in [2.45, 2.75) is 38.6 Å². The lowest BCUT2D eigenvalue weighted by Gasteiger charge is -2.19. The van der Waals surface area contributed by atoms with E-state index in [2.05, 4.69) is 16.0 Å². The number of anilines is 2. The summed E-state index contributed by atoms with van der Waals surface area (Å²) >= 11 is 0. The van der Waals surface area contributed by atoms with Gasteiger partial charge in [-0.2, -0.15) is 0 Å². The van der Waals surface area contributed by atoms with E-state index in [1.807, 2.05) is 12.1 Å². The van der Waals surface area contributed by atoms with Gasteiger partial charge in [0.1, 0.15) is 5.75 Å². The van der Waals surface area contributed by atoms with Crippen molar-refractivity contribution >= 4 is 23.2 Å². The van der Waals surface area contributed by atoms with Gasteiger partial charge in [-0.05, 0) is 66.3 Å². The molecule has 10 nitrogen and oxygen atoms in total. The van der Waals surface area contributed by atoms with Crippen molar-refractivity contribution in [3.05, 3.63) is 69.9 Å². The molecule has 0 saturated carbocycles. The molecule has 222 valence electrons. The van der Waals surface area contributed by atoms with Crippen LogP contribution in [0.25, 0.3) is 11.1 Å². The number of hydrogen-bond donors (Lipinski definition) is 3. The molecular weight excluding hydrogens is 538 g/mol. The highest BCUT2D eigenvalue weighted by atomic mass is 16.5. The van der Waals surface area contributed by atoms with E-state index in [0.29, 0.717) is 65.7 Å². The normalized spacial score (nSPS) is 13.5. The van der Waals surface area contributed by atoms with Gasteiger partial charge in [-0.15, -0.1) is 0 Å². The summed E-state index contributed by atoms with van der Waals surface area (Å²) in [5, 5.41) is 9.05. The van der Waals surface area contributed by atoms with Gasteiger partial charge in [0.2, 0.25) is 23.0 Å². The minimum atomic E-state index is -0.389. The molecule has 0 bridgehead atoms. The van der Waals surface area contributed by atoms with Crippen LogP contribution in [0.2, 0.25) is 0 Å². The van der Waals surface area contributed by atoms with Gasteiger partial charge >= 0.3 is 0 Å². The molecule has 10 heteroatoms. The van der Waals surface area contributed by atoms with Crippen LogP contribution in [-0.4, -0.2) is 46.8 Å². The number of hydrogen-bond acceptors (Lipinski definition) is 8. The summed E-state index contributed by atoms with van der Waals surface area (Å²) in [6.45, 7) is 1.87. The molecule has 0 saturated heterocycles. The summed E-state index contributed by atoms with van der Waals surface area (Å²) < 4.78 is 22.2. The van der Waals surface area contributed by atoms with Gasteiger partial charge in [0.15, 0.2) is 11.5 Å². The van der Waals surface area contributed by atoms with Gasteiger partial charge in [0, 0.05) is 37.2 Å². The Bertz CT molecular complexity index is 1520. The van der Waals surface area contributed by atoms with E-state index < -0.39 is 0 Å². The van der Waals surface area contributed by atoms with Gasteiger partial charge < -0.3 is 34.9 Å². The molecule has 4 rings (SSSR count). The van der Waals surface area contributed by atoms with Gasteiger partial charge in [0.25, 0.3) is 0 Å². The molecule has 0 aromatic heterocycles. The maximum Gasteiger partial charge on any atom is 0.224 e. The summed E-state index contributed by atoms with van der Waals surface area (Å²) in [6.07, 6.45) is 1.97. The maximum atomic E-state index is 13.4. The second-order valence-electron chi connectivity index (χ2n) is 9.91. The SMILES string of the molecule is COc1cccc(NC(=O)CCCNc2ccc3c(cc2=O)[C@@H](NC(C)=O)CCc2cc(OC)c(OC)c(OC)c2-3)c1. The van der Waals surface area contributed by atoms with Crippen molar-refractivity contribution in [1.29, 1.82) is 0 Å². The lowest BCUT2D eigenvalue weighted by atomic mass is 9.95. The highest BCUT2D eigenvalue weighted by Gasteiger charge is 2.29. The number of carbonyl (C=O) groups is 2. The van der Waals surface area contributed by atoms with Crippen LogP contribution in [0.1, 0.15) is 43.4 Å². The van der Waals surface area contributed by atoms with Crippen LogP contribution in [0, 0.1) is 0 Å². The predicted octanol–water partition coefficient (Wildman–Crippen LogP) is 4.70. The summed E-state index contributed by atoms with van der Waals surface area (Å²) in [5.41, 5.74) is 3.99. The van der Waals surface area contributed by atoms with Crippen molar-refractivity contribution in [3.63, 3.8) is 0 Å². The van der Waals surface area contributed by atoms with Crippen molar-refractivity contribution in [2.24, 2.45) is 0 Å². The minimum absolute atomic E-state index is 0.135. The molecule has 1 aliphatic carbocycles. The average molecular weight is 576 g/mol. The zero-order valence-electron chi connectivity index (χ0n) is 24.6. The number of nitrogens with one attached hydrogen (secondary N) is 3. The molecule has 1 atom stereocenters. The van der Waals surface area contributed by atoms with Crippen molar-refractivity contribution in [3.8, 4) is 34.1 Å². The molecule has 0 fully saturated rings. The number of benzene rings is 2. The molecule has 3 aromatic carbocycles. The van der Waals surface area contributed by atoms with Crippen LogP contribution in [0.4, 0.5) is 11.4 Å². The number of fused-ring (bicyclic) bond motifs is 3. The first-order valence-electron chi connectivity index (χ1n) is 13.7. The molecule has 2 amide bonds. The zero-order valence-corrected chi connectivity index (χ0v) is 24.6. The number of methoxy groups -OCH3 is 4. The Morgan fingerprint density at radius 2 is 1.71 bits per heavy atom. The highest BCUT2D eigenvalue weighted by Crippen LogP contribution is 2.50. The number of aryl methyl sites for hydroxylation is 1. The average Bonchev–Trinajstić information content (AvgIpc) is 3.22. The van der Waals surface area contributed by atoms with Crippen LogP contribution in [-0.2, 0) is 16.0 Å². The summed E-state index contributed by atoms with van der Waals surface area (Å²) in [7, 11) is 6.25. The topological polar surface area (TPSA) is 124 Å². The standard InChI is InChI=1S/C32H37N3O7/c1-19(36)34-25-13-11-20-16-28(40-3)31(41-4)32(42-5)30(20)23-12-14-26(27(37)18-24(23)25)33-15-7-10-29(38)35-21-8-6-9-22(17-21)39-2/h6,8-9,12,14,16-18,25H,7,10-11,13,15H2,1-5H3,(H,33,37)(H,34,36)(H,35,38)/t25-/m0/s1. The lowest BCUT2D eigenvalue weighted by molar-refractivity contribution is -0.119. The first kappa shape index (κ1) is 30.2. The van der Waals surface area contributed by atoms with Gasteiger partial charge in [0.05, 0.1) is 40.2 Å². The third-order valence-electron chi connectivity index (χ3n) is 7.17. The van der Waals surface area contributed by atoms with E-state index in [1.165, 1.54) is 6.92 Å². The molecule has 0 unspecified atom stereocenters. The van der Waals surface area contributed by atoms with Crippen LogP contribution >= 0.6 is 0 Å². The van der Waals surface area contributed by atoms with Crippen LogP contribution in [0.15, 0.2) is 53.3 Å². The maximum absolute atomic E-state index is 13.4. The summed E-state index contributed by atoms with van der Waals surface area (Å²) in [6, 6.07) is 13.8. The molecule has 0 spiro atoms. The Hall–Kier alpha value is -4.73. The monoisotopic (exact) mass is 575 g/mol. The van der Waals surface area contributed by atoms with Gasteiger partial charge in [-0.3, -0.25) is 14.4 Å². The fourth-order valence-electron chi connectivity index (χ4n) is 5.25. The number of carbonyl (C=O) groups excluding carboxylic acids is 2. The first-order valence-corrected chi connectivity index (χ1v) is 13.7. The fourth-order valence-corrected chi connectivity index (χ4v) is 5.25. The number of rotatable bonds is 11. The molecule has 3 aromatic rings. The molecule has 42 heavy (non-hydrogen) atoms. The second-order valence-corrected chi connectivity index (χ2v) is 9.91. The fraction of sp³-hybridized carbons (Fsp3) is 0.344. The van der Waals surface area contributed by atoms with E-state index in [4.69, 9.17) is 18.9 Å². The zero-order chi connectivity index (χ0) is 30.2. The van der Waals surface area contributed by atoms with Gasteiger partial charge in [-0.25, -0.2) is 0 Å². The summed E-state index contributed by atoms with van der Waals surface area (Å²) in [4.78, 5) is 38.0. The first-order chi connectivity index (χ1) is 20.3. The summed E-state index contributed by atoms with van der Waals surface area (Å²) in [5.74, 6) is 1.81. The van der Waals surface area contributed by atoms with E-state index in [9.17, 15) is 14.4 Å². The molecular formula is C32H37N3O7. The largest absolute Gasteiger partial charge is 0.497 e. The smallest absolute Gasteiger partial charge is 0.224 e. The van der Waals surface area contributed by atoms with E-state index in [0.717, 1.165) is 16.7 Å². The molecule has 3 N–H and O–H groups in total. The lowest BCUT2D eigenvalue weighted by Crippen LogP contribution is -2.26. The van der Waals surface area contributed by atoms with Crippen molar-refractivity contribution in [2.75, 3.05) is 45.6 Å². The molecule has 0 radical (unpaired) electrons. The second kappa shape index (κ2) is 13.8. The highest BCUT2D eigenvalue weighted by molar-refractivity contribution is 5.91. The van der Waals surface area contributed by atoms with E-state index in [1.54, 1.807) is 64.8 Å². The quantitative estimate of drug-likeness (QED) is 0.281. The van der Waals surface area contributed by atoms with Crippen LogP contribution in [0.3, 0.4) is 0 Å². The van der Waals surface area contributed by atoms with Crippen molar-refractivity contribution in [1.82, 2.24) is 5.32 Å². The van der Waals surface area contributed by atoms with Crippen LogP contribution < -0.4 is 40.3 Å². The predicted molar refractivity (Wildman–Crippen MR) is 162 cm³/mol. The minimum Gasteiger partial charge on any atom is -0.497 e. The Balaban J connectivity index is 1.61. The number of amides is 2.